The van der Waals surface area contributed by atoms with Gasteiger partial charge in [-0.15, -0.1) is 0 Å². The molecule has 0 aliphatic heterocycles. The van der Waals surface area contributed by atoms with E-state index in [1.54, 1.807) is 0 Å². The lowest BCUT2D eigenvalue weighted by Gasteiger charge is -2.13. The van der Waals surface area contributed by atoms with Gasteiger partial charge in [0.15, 0.2) is 0 Å². The fraction of sp³-hybridized carbons (Fsp3) is 1.00. The SMILES string of the molecule is CCCC[C@H](CCC)CCO. The Kier molecular flexibility index (Phi) is 8.03. The molecule has 0 unspecified atom stereocenters. The average molecular weight is 158 g/mol. The van der Waals surface area contributed by atoms with Crippen LogP contribution in [0, 0.1) is 5.92 Å². The van der Waals surface area contributed by atoms with Crippen molar-refractivity contribution in [1.82, 2.24) is 0 Å². The van der Waals surface area contributed by atoms with Crippen molar-refractivity contribution >= 4 is 0 Å². The van der Waals surface area contributed by atoms with Crippen molar-refractivity contribution in [2.24, 2.45) is 5.92 Å². The molecule has 68 valence electrons. The standard InChI is InChI=1S/C10H22O/c1-3-5-7-10(6-4-2)8-9-11/h10-11H,3-9H2,1-2H3/t10-/m0/s1. The Bertz CT molecular complexity index is 65.3. The van der Waals surface area contributed by atoms with Gasteiger partial charge in [-0.1, -0.05) is 46.0 Å². The molecule has 1 heteroatoms. The van der Waals surface area contributed by atoms with Gasteiger partial charge in [-0.25, -0.2) is 0 Å². The fourth-order valence-corrected chi connectivity index (χ4v) is 1.52. The smallest absolute Gasteiger partial charge is 0.0433 e. The Hall–Kier alpha value is -0.0400. The van der Waals surface area contributed by atoms with E-state index in [1.807, 2.05) is 0 Å². The molecule has 0 fully saturated rings. The van der Waals surface area contributed by atoms with Gasteiger partial charge in [-0.2, -0.15) is 0 Å². The van der Waals surface area contributed by atoms with Gasteiger partial charge in [-0.05, 0) is 12.3 Å². The molecule has 0 saturated carbocycles. The fourth-order valence-electron chi connectivity index (χ4n) is 1.52. The number of aliphatic hydroxyl groups is 1. The predicted octanol–water partition coefficient (Wildman–Crippen LogP) is 2.98. The summed E-state index contributed by atoms with van der Waals surface area (Å²) in [5.41, 5.74) is 0. The van der Waals surface area contributed by atoms with Gasteiger partial charge >= 0.3 is 0 Å². The molecular weight excluding hydrogens is 136 g/mol. The van der Waals surface area contributed by atoms with Crippen molar-refractivity contribution in [1.29, 1.82) is 0 Å². The van der Waals surface area contributed by atoms with E-state index in [0.717, 1.165) is 12.3 Å². The molecule has 0 aromatic rings. The van der Waals surface area contributed by atoms with E-state index in [9.17, 15) is 0 Å². The van der Waals surface area contributed by atoms with Crippen molar-refractivity contribution in [3.05, 3.63) is 0 Å². The summed E-state index contributed by atoms with van der Waals surface area (Å²) in [7, 11) is 0. The zero-order valence-electron chi connectivity index (χ0n) is 7.97. The zero-order chi connectivity index (χ0) is 8.53. The maximum absolute atomic E-state index is 8.76. The molecule has 11 heavy (non-hydrogen) atoms. The van der Waals surface area contributed by atoms with Crippen molar-refractivity contribution < 1.29 is 5.11 Å². The van der Waals surface area contributed by atoms with Gasteiger partial charge in [0.1, 0.15) is 0 Å². The van der Waals surface area contributed by atoms with E-state index in [-0.39, 0.29) is 0 Å². The lowest BCUT2D eigenvalue weighted by Crippen LogP contribution is -2.02. The van der Waals surface area contributed by atoms with Gasteiger partial charge in [0.25, 0.3) is 0 Å². The summed E-state index contributed by atoms with van der Waals surface area (Å²) < 4.78 is 0. The highest BCUT2D eigenvalue weighted by molar-refractivity contribution is 4.57. The van der Waals surface area contributed by atoms with Crippen LogP contribution in [0.15, 0.2) is 0 Å². The first kappa shape index (κ1) is 11.0. The summed E-state index contributed by atoms with van der Waals surface area (Å²) in [5, 5.41) is 8.76. The molecule has 0 aromatic carbocycles. The third kappa shape index (κ3) is 6.36. The van der Waals surface area contributed by atoms with E-state index in [1.165, 1.54) is 32.1 Å². The van der Waals surface area contributed by atoms with Crippen LogP contribution in [-0.2, 0) is 0 Å². The first-order chi connectivity index (χ1) is 5.35. The second-order valence-electron chi connectivity index (χ2n) is 3.31. The first-order valence-corrected chi connectivity index (χ1v) is 4.96. The molecule has 0 aliphatic rings. The van der Waals surface area contributed by atoms with E-state index < -0.39 is 0 Å². The molecule has 0 aromatic heterocycles. The van der Waals surface area contributed by atoms with Crippen LogP contribution in [0.5, 0.6) is 0 Å². The van der Waals surface area contributed by atoms with Gasteiger partial charge in [0, 0.05) is 6.61 Å². The maximum atomic E-state index is 8.76. The number of aliphatic hydroxyl groups excluding tert-OH is 1. The monoisotopic (exact) mass is 158 g/mol. The summed E-state index contributed by atoms with van der Waals surface area (Å²) in [6.07, 6.45) is 7.48. The Balaban J connectivity index is 3.34. The van der Waals surface area contributed by atoms with Crippen LogP contribution in [0.4, 0.5) is 0 Å². The minimum atomic E-state index is 0.369. The molecular formula is C10H22O. The normalized spacial score (nSPS) is 13.4. The van der Waals surface area contributed by atoms with Crippen molar-refractivity contribution in [2.45, 2.75) is 52.4 Å². The molecule has 1 nitrogen and oxygen atoms in total. The van der Waals surface area contributed by atoms with E-state index in [0.29, 0.717) is 6.61 Å². The first-order valence-electron chi connectivity index (χ1n) is 4.96. The molecule has 0 heterocycles. The molecule has 0 rings (SSSR count). The summed E-state index contributed by atoms with van der Waals surface area (Å²) in [6, 6.07) is 0. The van der Waals surface area contributed by atoms with Crippen LogP contribution in [-0.4, -0.2) is 11.7 Å². The Morgan fingerprint density at radius 1 is 1.00 bits per heavy atom. The van der Waals surface area contributed by atoms with Crippen LogP contribution in [0.3, 0.4) is 0 Å². The van der Waals surface area contributed by atoms with Crippen molar-refractivity contribution in [3.8, 4) is 0 Å². The van der Waals surface area contributed by atoms with E-state index >= 15 is 0 Å². The lowest BCUT2D eigenvalue weighted by molar-refractivity contribution is 0.244. The summed E-state index contributed by atoms with van der Waals surface area (Å²) in [5.74, 6) is 0.782. The molecule has 1 atom stereocenters. The quantitative estimate of drug-likeness (QED) is 0.604. The largest absolute Gasteiger partial charge is 0.396 e. The average Bonchev–Trinajstić information content (AvgIpc) is 2.01. The second-order valence-corrected chi connectivity index (χ2v) is 3.31. The molecule has 1 N–H and O–H groups in total. The van der Waals surface area contributed by atoms with Gasteiger partial charge in [0.05, 0.1) is 0 Å². The number of rotatable bonds is 7. The number of hydrogen-bond donors (Lipinski definition) is 1. The highest BCUT2D eigenvalue weighted by atomic mass is 16.3. The van der Waals surface area contributed by atoms with E-state index in [2.05, 4.69) is 13.8 Å². The Labute approximate surface area is 70.8 Å². The third-order valence-electron chi connectivity index (χ3n) is 2.20. The van der Waals surface area contributed by atoms with Crippen LogP contribution in [0.2, 0.25) is 0 Å². The summed E-state index contributed by atoms with van der Waals surface area (Å²) in [6.45, 7) is 4.81. The van der Waals surface area contributed by atoms with Gasteiger partial charge in [0.2, 0.25) is 0 Å². The lowest BCUT2D eigenvalue weighted by atomic mass is 9.94. The van der Waals surface area contributed by atoms with Crippen LogP contribution in [0.25, 0.3) is 0 Å². The molecule has 0 spiro atoms. The van der Waals surface area contributed by atoms with Gasteiger partial charge in [-0.3, -0.25) is 0 Å². The van der Waals surface area contributed by atoms with Crippen LogP contribution < -0.4 is 0 Å². The summed E-state index contributed by atoms with van der Waals surface area (Å²) in [4.78, 5) is 0. The van der Waals surface area contributed by atoms with Crippen LogP contribution in [0.1, 0.15) is 52.4 Å². The van der Waals surface area contributed by atoms with Gasteiger partial charge < -0.3 is 5.11 Å². The Morgan fingerprint density at radius 2 is 1.73 bits per heavy atom. The summed E-state index contributed by atoms with van der Waals surface area (Å²) >= 11 is 0. The third-order valence-corrected chi connectivity index (χ3v) is 2.20. The topological polar surface area (TPSA) is 20.2 Å². The second kappa shape index (κ2) is 8.06. The molecule has 0 aliphatic carbocycles. The van der Waals surface area contributed by atoms with Crippen molar-refractivity contribution in [2.75, 3.05) is 6.61 Å². The number of hydrogen-bond acceptors (Lipinski definition) is 1. The highest BCUT2D eigenvalue weighted by Crippen LogP contribution is 2.17. The molecule has 0 amide bonds. The van der Waals surface area contributed by atoms with Crippen LogP contribution >= 0.6 is 0 Å². The molecule has 0 saturated heterocycles. The van der Waals surface area contributed by atoms with Crippen molar-refractivity contribution in [3.63, 3.8) is 0 Å². The maximum Gasteiger partial charge on any atom is 0.0433 e. The minimum Gasteiger partial charge on any atom is -0.396 e. The molecule has 0 radical (unpaired) electrons. The van der Waals surface area contributed by atoms with E-state index in [4.69, 9.17) is 5.11 Å². The molecule has 0 bridgehead atoms. The highest BCUT2D eigenvalue weighted by Gasteiger charge is 2.05. The predicted molar refractivity (Wildman–Crippen MR) is 49.6 cm³/mol. The number of unbranched alkanes of at least 4 members (excludes halogenated alkanes) is 1. The minimum absolute atomic E-state index is 0.369. The Morgan fingerprint density at radius 3 is 2.18 bits per heavy atom. The zero-order valence-corrected chi connectivity index (χ0v) is 7.97.